The Morgan fingerprint density at radius 2 is 1.57 bits per heavy atom. The lowest BCUT2D eigenvalue weighted by Gasteiger charge is -2.35. The first kappa shape index (κ1) is 21.3. The normalized spacial score (nSPS) is 24.4. The first-order chi connectivity index (χ1) is 13.2. The Hall–Kier alpha value is -1.43. The van der Waals surface area contributed by atoms with Crippen LogP contribution in [0.4, 0.5) is 24.5 Å². The van der Waals surface area contributed by atoms with Crippen molar-refractivity contribution in [2.24, 2.45) is 17.6 Å². The summed E-state index contributed by atoms with van der Waals surface area (Å²) in [4.78, 5) is 2.09. The first-order valence-corrected chi connectivity index (χ1v) is 10.7. The van der Waals surface area contributed by atoms with E-state index in [9.17, 15) is 13.2 Å². The molecule has 0 bridgehead atoms. The van der Waals surface area contributed by atoms with Gasteiger partial charge in [-0.25, -0.2) is 0 Å². The van der Waals surface area contributed by atoms with Gasteiger partial charge in [0.05, 0.1) is 5.92 Å². The summed E-state index contributed by atoms with van der Waals surface area (Å²) in [5.41, 5.74) is 10.5. The number of nitrogens with one attached hydrogen (secondary N) is 1. The molecule has 0 spiro atoms. The Balaban J connectivity index is 1.54. The van der Waals surface area contributed by atoms with Crippen LogP contribution in [0.3, 0.4) is 0 Å². The molecule has 0 unspecified atom stereocenters. The van der Waals surface area contributed by atoms with Gasteiger partial charge in [-0.3, -0.25) is 0 Å². The van der Waals surface area contributed by atoms with Gasteiger partial charge in [0.2, 0.25) is 0 Å². The van der Waals surface area contributed by atoms with Gasteiger partial charge in [-0.05, 0) is 88.0 Å². The van der Waals surface area contributed by atoms with Crippen LogP contribution in [0.2, 0.25) is 0 Å². The fraction of sp³-hybridized carbons (Fsp3) is 0.727. The maximum absolute atomic E-state index is 12.9. The van der Waals surface area contributed by atoms with Crippen molar-refractivity contribution >= 4 is 11.4 Å². The number of piperidine rings is 1. The summed E-state index contributed by atoms with van der Waals surface area (Å²) in [6, 6.07) is 4.62. The Morgan fingerprint density at radius 1 is 1.00 bits per heavy atom. The molecule has 3 N–H and O–H groups in total. The molecule has 1 aliphatic heterocycles. The lowest BCUT2D eigenvalue weighted by Crippen LogP contribution is -2.39. The molecule has 2 aliphatic rings. The topological polar surface area (TPSA) is 41.3 Å². The third kappa shape index (κ3) is 5.34. The molecule has 0 amide bonds. The van der Waals surface area contributed by atoms with Crippen molar-refractivity contribution in [2.75, 3.05) is 29.9 Å². The zero-order valence-corrected chi connectivity index (χ0v) is 17.1. The highest BCUT2D eigenvalue weighted by Crippen LogP contribution is 2.36. The zero-order valence-electron chi connectivity index (χ0n) is 17.1. The third-order valence-corrected chi connectivity index (χ3v) is 6.59. The molecule has 1 aliphatic carbocycles. The molecule has 3 nitrogen and oxygen atoms in total. The number of aryl methyl sites for hydroxylation is 2. The van der Waals surface area contributed by atoms with Crippen molar-refractivity contribution in [1.29, 1.82) is 0 Å². The minimum Gasteiger partial charge on any atom is -0.385 e. The largest absolute Gasteiger partial charge is 0.391 e. The number of hydrogen-bond donors (Lipinski definition) is 2. The van der Waals surface area contributed by atoms with E-state index in [1.54, 1.807) is 0 Å². The van der Waals surface area contributed by atoms with Gasteiger partial charge in [0.15, 0.2) is 0 Å². The van der Waals surface area contributed by atoms with Crippen LogP contribution in [-0.2, 0) is 0 Å². The van der Waals surface area contributed by atoms with Crippen LogP contribution in [0.1, 0.15) is 56.1 Å². The van der Waals surface area contributed by atoms with Crippen LogP contribution in [0.5, 0.6) is 0 Å². The van der Waals surface area contributed by atoms with Gasteiger partial charge in [-0.2, -0.15) is 13.2 Å². The maximum Gasteiger partial charge on any atom is 0.391 e. The van der Waals surface area contributed by atoms with E-state index in [2.05, 4.69) is 36.2 Å². The molecule has 1 saturated carbocycles. The average Bonchev–Trinajstić information content (AvgIpc) is 2.64. The first-order valence-electron chi connectivity index (χ1n) is 10.7. The van der Waals surface area contributed by atoms with Crippen molar-refractivity contribution in [3.05, 3.63) is 23.3 Å². The van der Waals surface area contributed by atoms with Crippen LogP contribution in [0.25, 0.3) is 0 Å². The van der Waals surface area contributed by atoms with Crippen LogP contribution >= 0.6 is 0 Å². The van der Waals surface area contributed by atoms with Gasteiger partial charge in [-0.15, -0.1) is 0 Å². The highest BCUT2D eigenvalue weighted by molar-refractivity contribution is 5.65. The molecule has 0 aromatic heterocycles. The lowest BCUT2D eigenvalue weighted by atomic mass is 9.84. The molecule has 1 heterocycles. The number of benzene rings is 1. The van der Waals surface area contributed by atoms with Gasteiger partial charge in [0.25, 0.3) is 0 Å². The fourth-order valence-corrected chi connectivity index (χ4v) is 4.75. The van der Waals surface area contributed by atoms with Crippen LogP contribution < -0.4 is 16.0 Å². The number of nitrogens with two attached hydrogens (primary N) is 1. The second-order valence-electron chi connectivity index (χ2n) is 8.75. The van der Waals surface area contributed by atoms with E-state index in [0.717, 1.165) is 37.4 Å². The van der Waals surface area contributed by atoms with E-state index in [0.29, 0.717) is 19.1 Å². The molecule has 0 radical (unpaired) electrons. The SMILES string of the molecule is Cc1cc(N2CCC(C(F)(F)F)CC2)cc(C)c1NCC[C@H]1CC[C@H](N)CC1. The van der Waals surface area contributed by atoms with E-state index >= 15 is 0 Å². The van der Waals surface area contributed by atoms with E-state index in [-0.39, 0.29) is 12.8 Å². The molecule has 1 aromatic rings. The van der Waals surface area contributed by atoms with Crippen molar-refractivity contribution < 1.29 is 13.2 Å². The standard InChI is InChI=1S/C22H34F3N3/c1-15-13-20(28-11-8-18(9-12-28)22(23,24)25)14-16(2)21(15)27-10-7-17-3-5-19(26)6-4-17/h13-14,17-19,27H,3-12,26H2,1-2H3/t17-,19-. The summed E-state index contributed by atoms with van der Waals surface area (Å²) < 4.78 is 38.7. The molecule has 28 heavy (non-hydrogen) atoms. The fourth-order valence-electron chi connectivity index (χ4n) is 4.75. The molecule has 6 heteroatoms. The summed E-state index contributed by atoms with van der Waals surface area (Å²) in [5, 5.41) is 3.60. The van der Waals surface area contributed by atoms with Gasteiger partial charge in [0, 0.05) is 37.1 Å². The second-order valence-corrected chi connectivity index (χ2v) is 8.75. The zero-order chi connectivity index (χ0) is 20.3. The number of nitrogens with zero attached hydrogens (tertiary/aromatic N) is 1. The van der Waals surface area contributed by atoms with E-state index in [4.69, 9.17) is 5.73 Å². The van der Waals surface area contributed by atoms with E-state index < -0.39 is 12.1 Å². The minimum absolute atomic E-state index is 0.187. The van der Waals surface area contributed by atoms with Gasteiger partial charge >= 0.3 is 6.18 Å². The number of anilines is 2. The number of hydrogen-bond acceptors (Lipinski definition) is 3. The highest BCUT2D eigenvalue weighted by Gasteiger charge is 2.41. The molecule has 1 saturated heterocycles. The smallest absolute Gasteiger partial charge is 0.385 e. The summed E-state index contributed by atoms with van der Waals surface area (Å²) in [6.45, 7) is 6.07. The third-order valence-electron chi connectivity index (χ3n) is 6.59. The van der Waals surface area contributed by atoms with Crippen molar-refractivity contribution in [3.8, 4) is 0 Å². The monoisotopic (exact) mass is 397 g/mol. The van der Waals surface area contributed by atoms with Crippen LogP contribution in [0.15, 0.2) is 12.1 Å². The Kier molecular flexibility index (Phi) is 6.79. The predicted molar refractivity (Wildman–Crippen MR) is 110 cm³/mol. The van der Waals surface area contributed by atoms with Gasteiger partial charge in [-0.1, -0.05) is 0 Å². The second kappa shape index (κ2) is 8.93. The quantitative estimate of drug-likeness (QED) is 0.699. The highest BCUT2D eigenvalue weighted by atomic mass is 19.4. The summed E-state index contributed by atoms with van der Waals surface area (Å²) >= 11 is 0. The van der Waals surface area contributed by atoms with Crippen molar-refractivity contribution in [1.82, 2.24) is 0 Å². The van der Waals surface area contributed by atoms with Gasteiger partial charge in [0.1, 0.15) is 0 Å². The number of rotatable bonds is 5. The Morgan fingerprint density at radius 3 is 2.11 bits per heavy atom. The summed E-state index contributed by atoms with van der Waals surface area (Å²) in [7, 11) is 0. The Labute approximate surface area is 166 Å². The Bertz CT molecular complexity index is 620. The average molecular weight is 398 g/mol. The molecular formula is C22H34F3N3. The number of halogens is 3. The molecule has 2 fully saturated rings. The number of alkyl halides is 3. The molecule has 3 rings (SSSR count). The minimum atomic E-state index is -4.06. The predicted octanol–water partition coefficient (Wildman–Crippen LogP) is 5.40. The maximum atomic E-state index is 12.9. The molecule has 1 aromatic carbocycles. The van der Waals surface area contributed by atoms with Gasteiger partial charge < -0.3 is 16.0 Å². The van der Waals surface area contributed by atoms with Crippen molar-refractivity contribution in [3.63, 3.8) is 0 Å². The van der Waals surface area contributed by atoms with E-state index in [1.165, 1.54) is 29.7 Å². The van der Waals surface area contributed by atoms with Crippen LogP contribution in [0, 0.1) is 25.7 Å². The summed E-state index contributed by atoms with van der Waals surface area (Å²) in [5.74, 6) is -0.386. The van der Waals surface area contributed by atoms with Crippen LogP contribution in [-0.4, -0.2) is 31.9 Å². The molecule has 0 atom stereocenters. The van der Waals surface area contributed by atoms with Crippen molar-refractivity contribution in [2.45, 2.75) is 71.0 Å². The molecule has 158 valence electrons. The lowest BCUT2D eigenvalue weighted by molar-refractivity contribution is -0.179. The summed E-state index contributed by atoms with van der Waals surface area (Å²) in [6.07, 6.45) is 2.22. The van der Waals surface area contributed by atoms with E-state index in [1.807, 2.05) is 0 Å². The molecular weight excluding hydrogens is 363 g/mol.